The number of nitrogen functional groups attached to an aromatic ring is 1. The molecule has 1 atom stereocenters. The van der Waals surface area contributed by atoms with Gasteiger partial charge in [-0.15, -0.1) is 0 Å². The number of benzene rings is 2. The van der Waals surface area contributed by atoms with Gasteiger partial charge in [-0.1, -0.05) is 0 Å². The number of aryl methyl sites for hydroxylation is 1. The zero-order valence-electron chi connectivity index (χ0n) is 23.6. The molecule has 1 saturated carbocycles. The van der Waals surface area contributed by atoms with Crippen LogP contribution in [-0.2, 0) is 11.0 Å². The molecule has 5 rings (SSSR count). The second-order valence-corrected chi connectivity index (χ2v) is 11.1. The van der Waals surface area contributed by atoms with Gasteiger partial charge in [-0.05, 0) is 80.8 Å². The maximum atomic E-state index is 13.4. The summed E-state index contributed by atoms with van der Waals surface area (Å²) in [6, 6.07) is 7.01. The number of hydrogen-bond acceptors (Lipinski definition) is 7. The minimum absolute atomic E-state index is 0.0414. The molecule has 0 bridgehead atoms. The molecule has 0 unspecified atom stereocenters. The monoisotopic (exact) mass is 570 g/mol. The summed E-state index contributed by atoms with van der Waals surface area (Å²) in [5, 5.41) is 7.36. The quantitative estimate of drug-likeness (QED) is 0.340. The third-order valence-electron chi connectivity index (χ3n) is 8.26. The van der Waals surface area contributed by atoms with E-state index in [9.17, 15) is 18.0 Å². The van der Waals surface area contributed by atoms with Crippen molar-refractivity contribution in [1.29, 1.82) is 0 Å². The molecule has 220 valence electrons. The van der Waals surface area contributed by atoms with Gasteiger partial charge in [0.15, 0.2) is 0 Å². The summed E-state index contributed by atoms with van der Waals surface area (Å²) in [6.45, 7) is 6.75. The second kappa shape index (κ2) is 11.7. The van der Waals surface area contributed by atoms with Gasteiger partial charge in [-0.2, -0.15) is 13.2 Å². The molecule has 1 saturated heterocycles. The molecule has 2 heterocycles. The largest absolute Gasteiger partial charge is 0.496 e. The van der Waals surface area contributed by atoms with E-state index in [4.69, 9.17) is 10.5 Å². The number of methoxy groups -OCH3 is 1. The number of carbonyl (C=O) groups excluding carboxylic acids is 1. The molecule has 11 heteroatoms. The fraction of sp³-hybridized carbons (Fsp3) is 0.500. The van der Waals surface area contributed by atoms with Crippen molar-refractivity contribution < 1.29 is 22.7 Å². The van der Waals surface area contributed by atoms with Gasteiger partial charge in [0.25, 0.3) is 0 Å². The van der Waals surface area contributed by atoms with Gasteiger partial charge in [0, 0.05) is 49.2 Å². The zero-order valence-corrected chi connectivity index (χ0v) is 23.6. The van der Waals surface area contributed by atoms with Gasteiger partial charge in [0.05, 0.1) is 24.2 Å². The van der Waals surface area contributed by atoms with Crippen LogP contribution in [0.3, 0.4) is 0 Å². The Labute approximate surface area is 237 Å². The van der Waals surface area contributed by atoms with Crippen molar-refractivity contribution in [3.63, 3.8) is 0 Å². The van der Waals surface area contributed by atoms with Crippen molar-refractivity contribution in [1.82, 2.24) is 20.2 Å². The number of rotatable bonds is 6. The van der Waals surface area contributed by atoms with Crippen molar-refractivity contribution in [3.05, 3.63) is 52.8 Å². The fourth-order valence-corrected chi connectivity index (χ4v) is 6.07. The van der Waals surface area contributed by atoms with Crippen molar-refractivity contribution in [3.8, 4) is 5.75 Å². The maximum Gasteiger partial charge on any atom is 0.416 e. The highest BCUT2D eigenvalue weighted by Gasteiger charge is 2.33. The van der Waals surface area contributed by atoms with E-state index in [1.165, 1.54) is 6.07 Å². The summed E-state index contributed by atoms with van der Waals surface area (Å²) in [7, 11) is 1.64. The zero-order chi connectivity index (χ0) is 29.3. The number of carbonyl (C=O) groups is 1. The van der Waals surface area contributed by atoms with Crippen LogP contribution >= 0.6 is 0 Å². The lowest BCUT2D eigenvalue weighted by atomic mass is 9.77. The highest BCUT2D eigenvalue weighted by Crippen LogP contribution is 2.42. The average Bonchev–Trinajstić information content (AvgIpc) is 2.95. The predicted octanol–water partition coefficient (Wildman–Crippen LogP) is 5.43. The Hall–Kier alpha value is -3.60. The Morgan fingerprint density at radius 1 is 1.10 bits per heavy atom. The Kier molecular flexibility index (Phi) is 8.26. The van der Waals surface area contributed by atoms with Crippen LogP contribution in [-0.4, -0.2) is 54.1 Å². The topological polar surface area (TPSA) is 105 Å². The lowest BCUT2D eigenvalue weighted by Crippen LogP contribution is -2.48. The van der Waals surface area contributed by atoms with E-state index in [2.05, 4.69) is 20.6 Å². The lowest BCUT2D eigenvalue weighted by Gasteiger charge is -2.34. The van der Waals surface area contributed by atoms with Crippen LogP contribution in [0.5, 0.6) is 5.75 Å². The van der Waals surface area contributed by atoms with E-state index in [0.29, 0.717) is 22.7 Å². The number of fused-ring (bicyclic) bond motifs is 1. The molecular formula is C30H37F3N6O2. The van der Waals surface area contributed by atoms with Crippen molar-refractivity contribution in [2.24, 2.45) is 5.92 Å². The van der Waals surface area contributed by atoms with E-state index < -0.39 is 17.8 Å². The van der Waals surface area contributed by atoms with E-state index in [-0.39, 0.29) is 23.4 Å². The number of nitrogens with zero attached hydrogens (tertiary/aromatic N) is 3. The summed E-state index contributed by atoms with van der Waals surface area (Å²) < 4.78 is 46.1. The first kappa shape index (κ1) is 28.9. The third-order valence-corrected chi connectivity index (χ3v) is 8.26. The highest BCUT2D eigenvalue weighted by molar-refractivity contribution is 5.91. The van der Waals surface area contributed by atoms with Crippen molar-refractivity contribution in [2.45, 2.75) is 57.7 Å². The van der Waals surface area contributed by atoms with E-state index in [1.54, 1.807) is 21.0 Å². The molecule has 8 nitrogen and oxygen atoms in total. The van der Waals surface area contributed by atoms with Gasteiger partial charge >= 0.3 is 6.18 Å². The Balaban J connectivity index is 1.41. The summed E-state index contributed by atoms with van der Waals surface area (Å²) in [6.07, 6.45) is -1.14. The number of anilines is 2. The van der Waals surface area contributed by atoms with Gasteiger partial charge in [-0.25, -0.2) is 9.97 Å². The third kappa shape index (κ3) is 6.34. The summed E-state index contributed by atoms with van der Waals surface area (Å²) in [5.41, 5.74) is 7.18. The molecule has 0 spiro atoms. The van der Waals surface area contributed by atoms with Crippen LogP contribution in [0.1, 0.15) is 67.1 Å². The fourth-order valence-electron chi connectivity index (χ4n) is 6.07. The van der Waals surface area contributed by atoms with E-state index >= 15 is 0 Å². The number of hydrogen-bond donors (Lipinski definition) is 3. The molecule has 1 aromatic heterocycles. The van der Waals surface area contributed by atoms with Gasteiger partial charge in [-0.3, -0.25) is 4.79 Å². The Morgan fingerprint density at radius 2 is 1.80 bits per heavy atom. The first-order valence-corrected chi connectivity index (χ1v) is 14.1. The Bertz CT molecular complexity index is 1420. The average molecular weight is 571 g/mol. The van der Waals surface area contributed by atoms with Crippen LogP contribution in [0.2, 0.25) is 0 Å². The predicted molar refractivity (Wildman–Crippen MR) is 153 cm³/mol. The number of halogens is 3. The molecule has 2 aromatic carbocycles. The summed E-state index contributed by atoms with van der Waals surface area (Å²) in [4.78, 5) is 24.3. The number of aromatic nitrogens is 2. The number of amides is 1. The Morgan fingerprint density at radius 3 is 2.46 bits per heavy atom. The van der Waals surface area contributed by atoms with Crippen molar-refractivity contribution in [2.75, 3.05) is 44.3 Å². The molecule has 3 aromatic rings. The SMILES string of the molecule is COc1cc2nc(C)nc(N[C@H](C)c3cc(N)cc(C(F)(F)F)c3)c2cc1C1CCC(C(=O)N2CCNCC2)CC1. The molecule has 2 fully saturated rings. The van der Waals surface area contributed by atoms with E-state index in [1.807, 2.05) is 17.0 Å². The second-order valence-electron chi connectivity index (χ2n) is 11.1. The first-order valence-electron chi connectivity index (χ1n) is 14.1. The van der Waals surface area contributed by atoms with E-state index in [0.717, 1.165) is 80.7 Å². The molecule has 2 aliphatic rings. The smallest absolute Gasteiger partial charge is 0.416 e. The first-order chi connectivity index (χ1) is 19.5. The standard InChI is InChI=1S/C30H37F3N6O2/c1-17(21-12-22(30(31,32)33)14-23(34)13-21)36-28-25-15-24(27(41-3)16-26(25)37-18(2)38-28)19-4-6-20(7-5-19)29(40)39-10-8-35-9-11-39/h12-17,19-20,35H,4-11,34H2,1-3H3,(H,36,37,38)/t17-,19?,20?/m1/s1. The van der Waals surface area contributed by atoms with Gasteiger partial charge < -0.3 is 26.0 Å². The minimum Gasteiger partial charge on any atom is -0.496 e. The van der Waals surface area contributed by atoms with Crippen molar-refractivity contribution >= 4 is 28.3 Å². The van der Waals surface area contributed by atoms with Crippen LogP contribution < -0.4 is 21.1 Å². The molecule has 4 N–H and O–H groups in total. The number of ether oxygens (including phenoxy) is 1. The molecule has 1 aliphatic heterocycles. The molecule has 1 amide bonds. The van der Waals surface area contributed by atoms with Crippen LogP contribution in [0, 0.1) is 12.8 Å². The lowest BCUT2D eigenvalue weighted by molar-refractivity contribution is -0.138. The molecule has 1 aliphatic carbocycles. The normalized spacial score (nSPS) is 20.6. The summed E-state index contributed by atoms with van der Waals surface area (Å²) >= 11 is 0. The summed E-state index contributed by atoms with van der Waals surface area (Å²) in [5.74, 6) is 2.29. The van der Waals surface area contributed by atoms with Crippen LogP contribution in [0.4, 0.5) is 24.7 Å². The minimum atomic E-state index is -4.50. The van der Waals surface area contributed by atoms with Crippen LogP contribution in [0.15, 0.2) is 30.3 Å². The van der Waals surface area contributed by atoms with Gasteiger partial charge in [0.1, 0.15) is 17.4 Å². The van der Waals surface area contributed by atoms with Gasteiger partial charge in [0.2, 0.25) is 5.91 Å². The molecular weight excluding hydrogens is 533 g/mol. The maximum absolute atomic E-state index is 13.4. The number of nitrogens with two attached hydrogens (primary N) is 1. The number of alkyl halides is 3. The molecule has 41 heavy (non-hydrogen) atoms. The molecule has 0 radical (unpaired) electrons. The highest BCUT2D eigenvalue weighted by atomic mass is 19.4. The van der Waals surface area contributed by atoms with Crippen LogP contribution in [0.25, 0.3) is 10.9 Å². The number of piperazine rings is 1. The number of nitrogens with one attached hydrogen (secondary N) is 2.